The number of rotatable bonds is 43. The summed E-state index contributed by atoms with van der Waals surface area (Å²) in [5.74, 6) is 1.68. The van der Waals surface area contributed by atoms with Crippen LogP contribution in [0.1, 0.15) is 246 Å². The van der Waals surface area contributed by atoms with Gasteiger partial charge in [-0.25, -0.2) is 0 Å². The van der Waals surface area contributed by atoms with Crippen LogP contribution in [0, 0.1) is 11.8 Å². The van der Waals surface area contributed by atoms with Crippen molar-refractivity contribution in [3.8, 4) is 0 Å². The van der Waals surface area contributed by atoms with E-state index in [4.69, 9.17) is 9.47 Å². The summed E-state index contributed by atoms with van der Waals surface area (Å²) in [7, 11) is 0. The molecule has 1 N–H and O–H groups in total. The number of ether oxygens (including phenoxy) is 2. The molecule has 1 aliphatic rings. The van der Waals surface area contributed by atoms with Crippen LogP contribution in [-0.2, 0) is 23.9 Å². The summed E-state index contributed by atoms with van der Waals surface area (Å²) in [6.45, 7) is 14.0. The number of aliphatic hydroxyl groups excluding tert-OH is 1. The number of amides is 1. The first-order valence-corrected chi connectivity index (χ1v) is 25.8. The van der Waals surface area contributed by atoms with Gasteiger partial charge in [-0.05, 0) is 69.6 Å². The van der Waals surface area contributed by atoms with Crippen molar-refractivity contribution < 1.29 is 29.0 Å². The lowest BCUT2D eigenvalue weighted by atomic mass is 9.91. The van der Waals surface area contributed by atoms with Gasteiger partial charge >= 0.3 is 11.9 Å². The molecular weight excluding hydrogens is 737 g/mol. The zero-order chi connectivity index (χ0) is 43.0. The van der Waals surface area contributed by atoms with Gasteiger partial charge in [-0.3, -0.25) is 14.4 Å². The van der Waals surface area contributed by atoms with Gasteiger partial charge in [0.25, 0.3) is 0 Å². The van der Waals surface area contributed by atoms with Crippen molar-refractivity contribution in [3.63, 3.8) is 0 Å². The van der Waals surface area contributed by atoms with E-state index in [2.05, 4.69) is 37.5 Å². The first kappa shape index (κ1) is 55.3. The Bertz CT molecular complexity index is 900. The number of carbonyl (C=O) groups excluding carboxylic acids is 3. The van der Waals surface area contributed by atoms with Crippen molar-refractivity contribution in [3.05, 3.63) is 0 Å². The summed E-state index contributed by atoms with van der Waals surface area (Å²) in [4.78, 5) is 42.4. The van der Waals surface area contributed by atoms with Crippen LogP contribution in [0.5, 0.6) is 0 Å². The molecule has 0 radical (unpaired) electrons. The highest BCUT2D eigenvalue weighted by Crippen LogP contribution is 2.24. The molecule has 0 aliphatic carbocycles. The molecule has 0 aromatic rings. The highest BCUT2D eigenvalue weighted by Gasteiger charge is 2.22. The average molecular weight is 835 g/mol. The third kappa shape index (κ3) is 33.6. The molecule has 0 saturated carbocycles. The number of esters is 2. The number of carbonyl (C=O) groups is 3. The minimum Gasteiger partial charge on any atom is -0.466 e. The second-order valence-electron chi connectivity index (χ2n) is 18.4. The smallest absolute Gasteiger partial charge is 0.305 e. The Labute approximate surface area is 365 Å². The molecule has 1 fully saturated rings. The summed E-state index contributed by atoms with van der Waals surface area (Å²) in [6.07, 6.45) is 37.3. The Kier molecular flexibility index (Phi) is 37.9. The van der Waals surface area contributed by atoms with Crippen molar-refractivity contribution in [1.29, 1.82) is 0 Å². The van der Waals surface area contributed by atoms with Crippen molar-refractivity contribution in [2.24, 2.45) is 11.8 Å². The molecule has 8 nitrogen and oxygen atoms in total. The molecule has 348 valence electrons. The maximum Gasteiger partial charge on any atom is 0.305 e. The second kappa shape index (κ2) is 40.4. The zero-order valence-electron chi connectivity index (χ0n) is 39.6. The van der Waals surface area contributed by atoms with Gasteiger partial charge in [-0.1, -0.05) is 169 Å². The van der Waals surface area contributed by atoms with Crippen LogP contribution in [0.3, 0.4) is 0 Å². The molecule has 0 aromatic heterocycles. The number of hydrogen-bond donors (Lipinski definition) is 1. The summed E-state index contributed by atoms with van der Waals surface area (Å²) >= 11 is 0. The lowest BCUT2D eigenvalue weighted by molar-refractivity contribution is -0.144. The van der Waals surface area contributed by atoms with E-state index in [1.54, 1.807) is 0 Å². The van der Waals surface area contributed by atoms with Crippen LogP contribution >= 0.6 is 0 Å². The van der Waals surface area contributed by atoms with Crippen LogP contribution in [-0.4, -0.2) is 84.8 Å². The summed E-state index contributed by atoms with van der Waals surface area (Å²) in [5.41, 5.74) is 0. The zero-order valence-corrected chi connectivity index (χ0v) is 39.6. The fraction of sp³-hybridized carbons (Fsp3) is 0.941. The quantitative estimate of drug-likeness (QED) is 0.0483. The lowest BCUT2D eigenvalue weighted by Crippen LogP contribution is -2.35. The number of nitrogens with zero attached hydrogens (tertiary/aromatic N) is 2. The summed E-state index contributed by atoms with van der Waals surface area (Å²) < 4.78 is 11.2. The minimum absolute atomic E-state index is 0.0503. The molecule has 1 aliphatic heterocycles. The molecule has 8 heteroatoms. The van der Waals surface area contributed by atoms with Gasteiger partial charge in [0.1, 0.15) is 0 Å². The topological polar surface area (TPSA) is 96.4 Å². The largest absolute Gasteiger partial charge is 0.466 e. The van der Waals surface area contributed by atoms with Crippen LogP contribution in [0.4, 0.5) is 0 Å². The van der Waals surface area contributed by atoms with Crippen LogP contribution in [0.25, 0.3) is 0 Å². The Morgan fingerprint density at radius 2 is 0.915 bits per heavy atom. The molecule has 1 rings (SSSR count). The molecule has 0 aromatic carbocycles. The van der Waals surface area contributed by atoms with Gasteiger partial charge < -0.3 is 24.4 Å². The number of likely N-dealkylation sites (tertiary alicyclic amines) is 1. The van der Waals surface area contributed by atoms with E-state index in [-0.39, 0.29) is 23.9 Å². The lowest BCUT2D eigenvalue weighted by Gasteiger charge is -2.24. The number of unbranched alkanes of at least 4 members (excludes halogenated alkanes) is 16. The van der Waals surface area contributed by atoms with Crippen LogP contribution < -0.4 is 0 Å². The van der Waals surface area contributed by atoms with Crippen LogP contribution in [0.2, 0.25) is 0 Å². The molecule has 1 atom stereocenters. The molecule has 59 heavy (non-hydrogen) atoms. The SMILES string of the molecule is CCCCCC(CCCCC)CCCOC(=O)CCCCCCCN(CCCCCCCC(=O)OCCCC(CCCCC)CCCCC)C(=O)CCN1CCC(O)C1. The monoisotopic (exact) mass is 835 g/mol. The van der Waals surface area contributed by atoms with Gasteiger partial charge in [-0.2, -0.15) is 0 Å². The van der Waals surface area contributed by atoms with E-state index in [0.717, 1.165) is 121 Å². The summed E-state index contributed by atoms with van der Waals surface area (Å²) in [6, 6.07) is 0. The molecule has 1 unspecified atom stereocenters. The maximum absolute atomic E-state index is 13.3. The van der Waals surface area contributed by atoms with E-state index >= 15 is 0 Å². The Hall–Kier alpha value is -1.67. The normalized spacial score (nSPS) is 14.5. The fourth-order valence-corrected chi connectivity index (χ4v) is 8.85. The van der Waals surface area contributed by atoms with Gasteiger partial charge in [-0.15, -0.1) is 0 Å². The predicted octanol–water partition coefficient (Wildman–Crippen LogP) is 13.2. The van der Waals surface area contributed by atoms with Gasteiger partial charge in [0.05, 0.1) is 19.3 Å². The summed E-state index contributed by atoms with van der Waals surface area (Å²) in [5, 5.41) is 9.91. The minimum atomic E-state index is -0.263. The van der Waals surface area contributed by atoms with Crippen molar-refractivity contribution in [1.82, 2.24) is 9.80 Å². The fourth-order valence-electron chi connectivity index (χ4n) is 8.85. The molecular formula is C51H98N2O6. The highest BCUT2D eigenvalue weighted by molar-refractivity contribution is 5.76. The van der Waals surface area contributed by atoms with Crippen molar-refractivity contribution in [2.45, 2.75) is 252 Å². The Morgan fingerprint density at radius 3 is 1.31 bits per heavy atom. The number of β-amino-alcohol motifs (C(OH)–C–C–N with tert-alkyl or cyclic N) is 1. The maximum atomic E-state index is 13.3. The van der Waals surface area contributed by atoms with Crippen LogP contribution in [0.15, 0.2) is 0 Å². The first-order chi connectivity index (χ1) is 28.8. The molecule has 1 amide bonds. The third-order valence-corrected chi connectivity index (χ3v) is 12.8. The molecule has 0 spiro atoms. The molecule has 1 heterocycles. The first-order valence-electron chi connectivity index (χ1n) is 25.8. The second-order valence-corrected chi connectivity index (χ2v) is 18.4. The van der Waals surface area contributed by atoms with E-state index < -0.39 is 0 Å². The molecule has 1 saturated heterocycles. The van der Waals surface area contributed by atoms with E-state index in [9.17, 15) is 19.5 Å². The molecule has 0 bridgehead atoms. The number of aliphatic hydroxyl groups is 1. The Balaban J connectivity index is 2.27. The average Bonchev–Trinajstić information content (AvgIpc) is 3.65. The number of hydrogen-bond acceptors (Lipinski definition) is 7. The third-order valence-electron chi connectivity index (χ3n) is 12.8. The highest BCUT2D eigenvalue weighted by atomic mass is 16.5. The Morgan fingerprint density at radius 1 is 0.525 bits per heavy atom. The van der Waals surface area contributed by atoms with E-state index in [1.807, 2.05) is 0 Å². The van der Waals surface area contributed by atoms with Crippen molar-refractivity contribution in [2.75, 3.05) is 45.9 Å². The van der Waals surface area contributed by atoms with E-state index in [0.29, 0.717) is 39.0 Å². The van der Waals surface area contributed by atoms with E-state index in [1.165, 1.54) is 116 Å². The van der Waals surface area contributed by atoms with Crippen molar-refractivity contribution >= 4 is 17.8 Å². The predicted molar refractivity (Wildman–Crippen MR) is 248 cm³/mol. The van der Waals surface area contributed by atoms with Gasteiger partial charge in [0.15, 0.2) is 0 Å². The van der Waals surface area contributed by atoms with Gasteiger partial charge in [0, 0.05) is 52.0 Å². The van der Waals surface area contributed by atoms with Gasteiger partial charge in [0.2, 0.25) is 5.91 Å². The standard InChI is InChI=1S/C51H98N2O6/c1-5-9-19-29-46(30-20-10-6-2)33-27-43-58-50(56)35-23-15-13-17-25-39-53(49(55)38-42-52-41-37-48(54)45-52)40-26-18-14-16-24-36-51(57)59-44-28-34-47(31-21-11-7-3)32-22-12-8-4/h46-48,54H,5-45H2,1-4H3.